The molecule has 0 atom stereocenters. The molecule has 1 aromatic carbocycles. The SMILES string of the molecule is COc1ccc(S(=O)(=O)Nc2ccc(NC3CCCCC3)nc2)cc1OC. The fraction of sp³-hybridized carbons (Fsp3) is 0.421. The molecule has 8 heteroatoms. The van der Waals surface area contributed by atoms with Crippen molar-refractivity contribution < 1.29 is 17.9 Å². The Balaban J connectivity index is 1.70. The molecule has 1 aliphatic carbocycles. The molecule has 0 unspecified atom stereocenters. The maximum atomic E-state index is 12.6. The Hall–Kier alpha value is -2.48. The second-order valence-electron chi connectivity index (χ2n) is 6.53. The maximum Gasteiger partial charge on any atom is 0.262 e. The Morgan fingerprint density at radius 3 is 2.37 bits per heavy atom. The first-order valence-corrected chi connectivity index (χ1v) is 10.5. The second-order valence-corrected chi connectivity index (χ2v) is 8.22. The number of nitrogens with zero attached hydrogens (tertiary/aromatic N) is 1. The van der Waals surface area contributed by atoms with Crippen molar-refractivity contribution in [3.8, 4) is 11.5 Å². The average Bonchev–Trinajstić information content (AvgIpc) is 2.69. The third kappa shape index (κ3) is 4.82. The summed E-state index contributed by atoms with van der Waals surface area (Å²) >= 11 is 0. The zero-order valence-electron chi connectivity index (χ0n) is 15.6. The number of aromatic nitrogens is 1. The van der Waals surface area contributed by atoms with Crippen LogP contribution in [0.5, 0.6) is 11.5 Å². The van der Waals surface area contributed by atoms with Gasteiger partial charge in [-0.25, -0.2) is 13.4 Å². The van der Waals surface area contributed by atoms with Gasteiger partial charge in [0.2, 0.25) is 0 Å². The number of hydrogen-bond acceptors (Lipinski definition) is 6. The van der Waals surface area contributed by atoms with Gasteiger partial charge in [0.15, 0.2) is 11.5 Å². The molecule has 27 heavy (non-hydrogen) atoms. The zero-order valence-corrected chi connectivity index (χ0v) is 16.4. The molecule has 3 rings (SSSR count). The van der Waals surface area contributed by atoms with Crippen LogP contribution < -0.4 is 19.5 Å². The van der Waals surface area contributed by atoms with Crippen LogP contribution in [0.1, 0.15) is 32.1 Å². The molecule has 1 saturated carbocycles. The lowest BCUT2D eigenvalue weighted by atomic mass is 9.95. The van der Waals surface area contributed by atoms with E-state index in [1.165, 1.54) is 51.8 Å². The highest BCUT2D eigenvalue weighted by molar-refractivity contribution is 7.92. The molecule has 0 amide bonds. The number of methoxy groups -OCH3 is 2. The number of pyridine rings is 1. The van der Waals surface area contributed by atoms with E-state index >= 15 is 0 Å². The molecular formula is C19H25N3O4S. The van der Waals surface area contributed by atoms with Crippen LogP contribution in [0, 0.1) is 0 Å². The highest BCUT2D eigenvalue weighted by atomic mass is 32.2. The molecule has 1 heterocycles. The van der Waals surface area contributed by atoms with Crippen LogP contribution in [-0.4, -0.2) is 33.7 Å². The van der Waals surface area contributed by atoms with E-state index in [-0.39, 0.29) is 4.90 Å². The van der Waals surface area contributed by atoms with Crippen LogP contribution in [0.4, 0.5) is 11.5 Å². The Bertz CT molecular complexity index is 863. The Labute approximate surface area is 160 Å². The van der Waals surface area contributed by atoms with Gasteiger partial charge in [0, 0.05) is 12.1 Å². The van der Waals surface area contributed by atoms with E-state index in [1.54, 1.807) is 18.2 Å². The molecule has 0 aliphatic heterocycles. The molecule has 2 N–H and O–H groups in total. The predicted octanol–water partition coefficient (Wildman–Crippen LogP) is 3.64. The first-order chi connectivity index (χ1) is 13.0. The van der Waals surface area contributed by atoms with Crippen molar-refractivity contribution in [3.63, 3.8) is 0 Å². The molecule has 1 aromatic heterocycles. The summed E-state index contributed by atoms with van der Waals surface area (Å²) in [5.74, 6) is 1.58. The van der Waals surface area contributed by atoms with Gasteiger partial charge in [0.1, 0.15) is 5.82 Å². The van der Waals surface area contributed by atoms with Crippen molar-refractivity contribution in [2.45, 2.75) is 43.0 Å². The minimum atomic E-state index is -3.76. The highest BCUT2D eigenvalue weighted by Crippen LogP contribution is 2.30. The number of nitrogens with one attached hydrogen (secondary N) is 2. The lowest BCUT2D eigenvalue weighted by molar-refractivity contribution is 0.354. The average molecular weight is 391 g/mol. The summed E-state index contributed by atoms with van der Waals surface area (Å²) in [5.41, 5.74) is 0.402. The molecule has 0 radical (unpaired) electrons. The topological polar surface area (TPSA) is 89.6 Å². The minimum absolute atomic E-state index is 0.0876. The Morgan fingerprint density at radius 2 is 1.74 bits per heavy atom. The summed E-state index contributed by atoms with van der Waals surface area (Å²) in [4.78, 5) is 4.42. The van der Waals surface area contributed by atoms with Gasteiger partial charge in [-0.05, 0) is 37.1 Å². The van der Waals surface area contributed by atoms with Gasteiger partial charge in [0.25, 0.3) is 10.0 Å². The number of rotatable bonds is 7. The standard InChI is InChI=1S/C19H25N3O4S/c1-25-17-10-9-16(12-18(17)26-2)27(23,24)22-15-8-11-19(20-13-15)21-14-6-4-3-5-7-14/h8-14,22H,3-7H2,1-2H3,(H,20,21). The van der Waals surface area contributed by atoms with Crippen LogP contribution in [0.15, 0.2) is 41.4 Å². The molecule has 1 aliphatic rings. The lowest BCUT2D eigenvalue weighted by Crippen LogP contribution is -2.22. The van der Waals surface area contributed by atoms with Crippen molar-refractivity contribution in [3.05, 3.63) is 36.5 Å². The zero-order chi connectivity index (χ0) is 19.3. The Morgan fingerprint density at radius 1 is 1.00 bits per heavy atom. The smallest absolute Gasteiger partial charge is 0.262 e. The largest absolute Gasteiger partial charge is 0.493 e. The minimum Gasteiger partial charge on any atom is -0.493 e. The third-order valence-corrected chi connectivity index (χ3v) is 6.02. The van der Waals surface area contributed by atoms with Crippen LogP contribution in [-0.2, 0) is 10.0 Å². The fourth-order valence-corrected chi connectivity index (χ4v) is 4.25. The van der Waals surface area contributed by atoms with Gasteiger partial charge in [0.05, 0.1) is 31.0 Å². The number of ether oxygens (including phenoxy) is 2. The Kier molecular flexibility index (Phi) is 6.05. The van der Waals surface area contributed by atoms with Gasteiger partial charge in [-0.2, -0.15) is 0 Å². The number of hydrogen-bond donors (Lipinski definition) is 2. The highest BCUT2D eigenvalue weighted by Gasteiger charge is 2.18. The van der Waals surface area contributed by atoms with Gasteiger partial charge in [-0.15, -0.1) is 0 Å². The molecule has 7 nitrogen and oxygen atoms in total. The van der Waals surface area contributed by atoms with E-state index in [0.717, 1.165) is 18.7 Å². The first-order valence-electron chi connectivity index (χ1n) is 8.99. The van der Waals surface area contributed by atoms with E-state index < -0.39 is 10.0 Å². The first kappa shape index (κ1) is 19.3. The number of benzene rings is 1. The van der Waals surface area contributed by atoms with Crippen LogP contribution in [0.2, 0.25) is 0 Å². The summed E-state index contributed by atoms with van der Waals surface area (Å²) in [6.07, 6.45) is 7.58. The van der Waals surface area contributed by atoms with Crippen molar-refractivity contribution >= 4 is 21.5 Å². The van der Waals surface area contributed by atoms with Crippen molar-refractivity contribution in [1.82, 2.24) is 4.98 Å². The predicted molar refractivity (Wildman–Crippen MR) is 105 cm³/mol. The van der Waals surface area contributed by atoms with E-state index in [0.29, 0.717) is 23.2 Å². The van der Waals surface area contributed by atoms with Crippen molar-refractivity contribution in [2.24, 2.45) is 0 Å². The van der Waals surface area contributed by atoms with Gasteiger partial charge < -0.3 is 14.8 Å². The molecule has 1 fully saturated rings. The molecule has 0 spiro atoms. The van der Waals surface area contributed by atoms with Crippen LogP contribution >= 0.6 is 0 Å². The quantitative estimate of drug-likeness (QED) is 0.749. The summed E-state index contributed by atoms with van der Waals surface area (Å²) in [5, 5.41) is 3.41. The van der Waals surface area contributed by atoms with Gasteiger partial charge >= 0.3 is 0 Å². The van der Waals surface area contributed by atoms with E-state index in [4.69, 9.17) is 9.47 Å². The molecule has 146 valence electrons. The summed E-state index contributed by atoms with van der Waals surface area (Å²) in [7, 11) is -0.796. The van der Waals surface area contributed by atoms with Crippen LogP contribution in [0.3, 0.4) is 0 Å². The lowest BCUT2D eigenvalue weighted by Gasteiger charge is -2.23. The summed E-state index contributed by atoms with van der Waals surface area (Å²) in [6.45, 7) is 0. The van der Waals surface area contributed by atoms with E-state index in [1.807, 2.05) is 0 Å². The number of sulfonamides is 1. The normalized spacial score (nSPS) is 15.2. The monoisotopic (exact) mass is 391 g/mol. The van der Waals surface area contributed by atoms with Crippen LogP contribution in [0.25, 0.3) is 0 Å². The molecule has 2 aromatic rings. The number of anilines is 2. The van der Waals surface area contributed by atoms with Crippen molar-refractivity contribution in [2.75, 3.05) is 24.3 Å². The third-order valence-electron chi connectivity index (χ3n) is 4.64. The summed E-state index contributed by atoms with van der Waals surface area (Å²) < 4.78 is 38.1. The van der Waals surface area contributed by atoms with E-state index in [9.17, 15) is 8.42 Å². The molecular weight excluding hydrogens is 366 g/mol. The molecule has 0 bridgehead atoms. The fourth-order valence-electron chi connectivity index (χ4n) is 3.19. The van der Waals surface area contributed by atoms with Gasteiger partial charge in [-0.1, -0.05) is 19.3 Å². The second kappa shape index (κ2) is 8.47. The van der Waals surface area contributed by atoms with Crippen molar-refractivity contribution in [1.29, 1.82) is 0 Å². The van der Waals surface area contributed by atoms with E-state index in [2.05, 4.69) is 15.0 Å². The molecule has 0 saturated heterocycles. The summed E-state index contributed by atoms with van der Waals surface area (Å²) in [6, 6.07) is 8.39. The van der Waals surface area contributed by atoms with Gasteiger partial charge in [-0.3, -0.25) is 4.72 Å². The maximum absolute atomic E-state index is 12.6.